The molecule has 6 heteroatoms. The summed E-state index contributed by atoms with van der Waals surface area (Å²) in [5.41, 5.74) is 1.28. The Morgan fingerprint density at radius 2 is 1.92 bits per heavy atom. The molecule has 0 aliphatic carbocycles. The van der Waals surface area contributed by atoms with Gasteiger partial charge >= 0.3 is 0 Å². The van der Waals surface area contributed by atoms with Gasteiger partial charge in [0.1, 0.15) is 16.5 Å². The van der Waals surface area contributed by atoms with Crippen molar-refractivity contribution in [2.24, 2.45) is 5.92 Å². The summed E-state index contributed by atoms with van der Waals surface area (Å²) in [6.45, 7) is 12.2. The van der Waals surface area contributed by atoms with Gasteiger partial charge in [0.2, 0.25) is 5.91 Å². The fourth-order valence-electron chi connectivity index (χ4n) is 2.91. The summed E-state index contributed by atoms with van der Waals surface area (Å²) < 4.78 is 0. The van der Waals surface area contributed by atoms with Gasteiger partial charge in [-0.2, -0.15) is 0 Å². The fourth-order valence-corrected chi connectivity index (χ4v) is 3.90. The molecule has 0 spiro atoms. The normalized spacial score (nSPS) is 11.3. The predicted octanol–water partition coefficient (Wildman–Crippen LogP) is 3.50. The Bertz CT molecular complexity index is 706. The van der Waals surface area contributed by atoms with Crippen LogP contribution in [0.2, 0.25) is 0 Å². The number of fused-ring (bicyclic) bond motifs is 1. The van der Waals surface area contributed by atoms with E-state index in [0.29, 0.717) is 12.5 Å². The van der Waals surface area contributed by atoms with E-state index >= 15 is 0 Å². The van der Waals surface area contributed by atoms with Crippen molar-refractivity contribution in [2.75, 3.05) is 31.6 Å². The molecule has 0 aliphatic rings. The van der Waals surface area contributed by atoms with E-state index in [-0.39, 0.29) is 5.91 Å². The highest BCUT2D eigenvalue weighted by Crippen LogP contribution is 2.33. The number of thiophene rings is 1. The Hall–Kier alpha value is -1.69. The van der Waals surface area contributed by atoms with Gasteiger partial charge in [0, 0.05) is 20.1 Å². The van der Waals surface area contributed by atoms with Crippen molar-refractivity contribution in [3.63, 3.8) is 0 Å². The maximum Gasteiger partial charge on any atom is 0.242 e. The Morgan fingerprint density at radius 3 is 2.50 bits per heavy atom. The van der Waals surface area contributed by atoms with E-state index in [1.807, 2.05) is 37.6 Å². The van der Waals surface area contributed by atoms with Crippen molar-refractivity contribution in [1.82, 2.24) is 14.9 Å². The van der Waals surface area contributed by atoms with Gasteiger partial charge < -0.3 is 9.80 Å². The molecule has 2 aromatic rings. The smallest absolute Gasteiger partial charge is 0.242 e. The average Bonchev–Trinajstić information content (AvgIpc) is 2.89. The molecule has 0 atom stereocenters. The zero-order valence-electron chi connectivity index (χ0n) is 15.6. The molecule has 0 unspecified atom stereocenters. The second-order valence-corrected chi connectivity index (χ2v) is 7.41. The molecule has 132 valence electrons. The Kier molecular flexibility index (Phi) is 6.15. The van der Waals surface area contributed by atoms with Crippen LogP contribution in [0.15, 0.2) is 5.38 Å². The lowest BCUT2D eigenvalue weighted by molar-refractivity contribution is -0.129. The van der Waals surface area contributed by atoms with Crippen LogP contribution in [0.25, 0.3) is 10.2 Å². The first-order valence-corrected chi connectivity index (χ1v) is 9.48. The predicted molar refractivity (Wildman–Crippen MR) is 102 cm³/mol. The highest BCUT2D eigenvalue weighted by molar-refractivity contribution is 7.17. The van der Waals surface area contributed by atoms with E-state index in [2.05, 4.69) is 29.2 Å². The lowest BCUT2D eigenvalue weighted by Crippen LogP contribution is -2.39. The largest absolute Gasteiger partial charge is 0.350 e. The van der Waals surface area contributed by atoms with Crippen molar-refractivity contribution in [1.29, 1.82) is 0 Å². The number of rotatable bonds is 7. The molecule has 2 heterocycles. The summed E-state index contributed by atoms with van der Waals surface area (Å²) in [5, 5.41) is 3.29. The number of nitrogens with zero attached hydrogens (tertiary/aromatic N) is 4. The lowest BCUT2D eigenvalue weighted by atomic mass is 10.0. The third-order valence-corrected chi connectivity index (χ3v) is 5.00. The number of carbonyl (C=O) groups excluding carboxylic acids is 1. The first-order chi connectivity index (χ1) is 11.4. The summed E-state index contributed by atoms with van der Waals surface area (Å²) in [4.78, 5) is 26.5. The maximum absolute atomic E-state index is 12.5. The van der Waals surface area contributed by atoms with E-state index < -0.39 is 0 Å². The van der Waals surface area contributed by atoms with Crippen molar-refractivity contribution in [3.8, 4) is 0 Å². The maximum atomic E-state index is 12.5. The number of likely N-dealkylation sites (N-methyl/N-ethyl adjacent to an activating group) is 2. The van der Waals surface area contributed by atoms with Crippen LogP contribution < -0.4 is 4.90 Å². The molecule has 2 aromatic heterocycles. The number of carbonyl (C=O) groups is 1. The van der Waals surface area contributed by atoms with Crippen molar-refractivity contribution >= 4 is 33.3 Å². The summed E-state index contributed by atoms with van der Waals surface area (Å²) in [5.74, 6) is 2.32. The molecule has 0 fully saturated rings. The van der Waals surface area contributed by atoms with Crippen LogP contribution in [0.1, 0.15) is 39.1 Å². The topological polar surface area (TPSA) is 49.3 Å². The second kappa shape index (κ2) is 7.92. The van der Waals surface area contributed by atoms with E-state index in [0.717, 1.165) is 41.4 Å². The van der Waals surface area contributed by atoms with Crippen molar-refractivity contribution in [2.45, 2.75) is 41.0 Å². The number of hydrogen-bond donors (Lipinski definition) is 0. The number of aryl methyl sites for hydroxylation is 1. The third kappa shape index (κ3) is 4.04. The summed E-state index contributed by atoms with van der Waals surface area (Å²) in [6.07, 6.45) is 0.997. The van der Waals surface area contributed by atoms with Gasteiger partial charge in [0.25, 0.3) is 0 Å². The quantitative estimate of drug-likeness (QED) is 0.768. The van der Waals surface area contributed by atoms with Crippen LogP contribution in [0.4, 0.5) is 5.82 Å². The Balaban J connectivity index is 2.38. The SMILES string of the molecule is CCN(CC)C(=O)CN(C)c1nc(C)nc2scc(CC(C)C)c12. The summed E-state index contributed by atoms with van der Waals surface area (Å²) in [6, 6.07) is 0. The van der Waals surface area contributed by atoms with Gasteiger partial charge in [-0.05, 0) is 44.1 Å². The first-order valence-electron chi connectivity index (χ1n) is 8.60. The highest BCUT2D eigenvalue weighted by Gasteiger charge is 2.19. The molecule has 0 aromatic carbocycles. The summed E-state index contributed by atoms with van der Waals surface area (Å²) >= 11 is 1.66. The van der Waals surface area contributed by atoms with Gasteiger partial charge in [-0.15, -0.1) is 11.3 Å². The minimum atomic E-state index is 0.132. The number of anilines is 1. The van der Waals surface area contributed by atoms with Crippen molar-refractivity contribution < 1.29 is 4.79 Å². The van der Waals surface area contributed by atoms with Crippen LogP contribution in [-0.2, 0) is 11.2 Å². The Morgan fingerprint density at radius 1 is 1.25 bits per heavy atom. The molecular weight excluding hydrogens is 320 g/mol. The van der Waals surface area contributed by atoms with Crippen LogP contribution in [0.5, 0.6) is 0 Å². The van der Waals surface area contributed by atoms with E-state index in [1.165, 1.54) is 5.56 Å². The van der Waals surface area contributed by atoms with Gasteiger partial charge in [0.05, 0.1) is 11.9 Å². The average molecular weight is 349 g/mol. The van der Waals surface area contributed by atoms with Crippen LogP contribution in [0.3, 0.4) is 0 Å². The first kappa shape index (κ1) is 18.6. The number of hydrogen-bond acceptors (Lipinski definition) is 5. The molecule has 0 saturated carbocycles. The minimum absolute atomic E-state index is 0.132. The molecule has 2 rings (SSSR count). The molecule has 0 bridgehead atoms. The van der Waals surface area contributed by atoms with Gasteiger partial charge in [-0.3, -0.25) is 4.79 Å². The molecule has 0 radical (unpaired) electrons. The van der Waals surface area contributed by atoms with Gasteiger partial charge in [-0.1, -0.05) is 13.8 Å². The zero-order chi connectivity index (χ0) is 17.9. The highest BCUT2D eigenvalue weighted by atomic mass is 32.1. The van der Waals surface area contributed by atoms with Gasteiger partial charge in [-0.25, -0.2) is 9.97 Å². The molecule has 0 aliphatic heterocycles. The third-order valence-electron chi connectivity index (χ3n) is 4.08. The lowest BCUT2D eigenvalue weighted by Gasteiger charge is -2.24. The molecule has 0 N–H and O–H groups in total. The minimum Gasteiger partial charge on any atom is -0.350 e. The van der Waals surface area contributed by atoms with Crippen LogP contribution >= 0.6 is 11.3 Å². The molecule has 1 amide bonds. The fraction of sp³-hybridized carbons (Fsp3) is 0.611. The van der Waals surface area contributed by atoms with Crippen LogP contribution in [0, 0.1) is 12.8 Å². The molecule has 24 heavy (non-hydrogen) atoms. The number of aromatic nitrogens is 2. The van der Waals surface area contributed by atoms with Crippen molar-refractivity contribution in [3.05, 3.63) is 16.8 Å². The van der Waals surface area contributed by atoms with Gasteiger partial charge in [0.15, 0.2) is 0 Å². The molecule has 0 saturated heterocycles. The molecule has 5 nitrogen and oxygen atoms in total. The zero-order valence-corrected chi connectivity index (χ0v) is 16.4. The Labute approximate surface area is 148 Å². The van der Waals surface area contributed by atoms with E-state index in [4.69, 9.17) is 0 Å². The van der Waals surface area contributed by atoms with Crippen LogP contribution in [-0.4, -0.2) is 47.5 Å². The van der Waals surface area contributed by atoms with E-state index in [1.54, 1.807) is 11.3 Å². The molecular formula is C18H28N4OS. The summed E-state index contributed by atoms with van der Waals surface area (Å²) in [7, 11) is 1.94. The standard InChI is InChI=1S/C18H28N4OS/c1-7-22(8-2)15(23)10-21(6)17-16-14(9-12(3)4)11-24-18(16)20-13(5)19-17/h11-12H,7-10H2,1-6H3. The second-order valence-electron chi connectivity index (χ2n) is 6.56. The number of amides is 1. The van der Waals surface area contributed by atoms with E-state index in [9.17, 15) is 4.79 Å². The monoisotopic (exact) mass is 348 g/mol.